The highest BCUT2D eigenvalue weighted by Crippen LogP contribution is 2.13. The average molecular weight is 282 g/mol. The van der Waals surface area contributed by atoms with Gasteiger partial charge in [0.2, 0.25) is 0 Å². The van der Waals surface area contributed by atoms with Crippen LogP contribution in [-0.4, -0.2) is 20.4 Å². The third-order valence-corrected chi connectivity index (χ3v) is 3.25. The predicted molar refractivity (Wildman–Crippen MR) is 80.5 cm³/mol. The molecule has 0 aliphatic heterocycles. The van der Waals surface area contributed by atoms with Gasteiger partial charge >= 0.3 is 6.03 Å². The zero-order valence-corrected chi connectivity index (χ0v) is 11.5. The summed E-state index contributed by atoms with van der Waals surface area (Å²) in [5.41, 5.74) is 1.19. The number of nitrogens with one attached hydrogen (secondary N) is 1. The highest BCUT2D eigenvalue weighted by Gasteiger charge is 2.10. The van der Waals surface area contributed by atoms with Gasteiger partial charge in [-0.3, -0.25) is 4.79 Å². The number of hydrogen-bond acceptors (Lipinski definition) is 3. The van der Waals surface area contributed by atoms with E-state index >= 15 is 0 Å². The average Bonchev–Trinajstić information content (AvgIpc) is 2.93. The smallest absolute Gasteiger partial charge is 0.314 e. The van der Waals surface area contributed by atoms with E-state index in [-0.39, 0.29) is 11.6 Å². The Hall–Kier alpha value is -2.89. The second kappa shape index (κ2) is 5.24. The van der Waals surface area contributed by atoms with Crippen LogP contribution in [0.3, 0.4) is 0 Å². The normalized spacial score (nSPS) is 10.7. The number of hydrogen-bond donors (Lipinski definition) is 1. The van der Waals surface area contributed by atoms with E-state index in [9.17, 15) is 9.59 Å². The molecule has 1 aromatic carbocycles. The molecule has 3 rings (SSSR count). The van der Waals surface area contributed by atoms with Crippen LogP contribution < -0.4 is 10.9 Å². The highest BCUT2D eigenvalue weighted by molar-refractivity contribution is 5.96. The number of pyridine rings is 1. The Morgan fingerprint density at radius 2 is 2.05 bits per heavy atom. The number of para-hydroxylation sites is 1. The van der Waals surface area contributed by atoms with Crippen molar-refractivity contribution in [2.24, 2.45) is 0 Å². The fourth-order valence-corrected chi connectivity index (χ4v) is 2.16. The van der Waals surface area contributed by atoms with E-state index in [1.54, 1.807) is 18.5 Å². The summed E-state index contributed by atoms with van der Waals surface area (Å²) < 4.78 is 2.83. The molecule has 0 saturated carbocycles. The monoisotopic (exact) mass is 282 g/mol. The summed E-state index contributed by atoms with van der Waals surface area (Å²) in [4.78, 5) is 23.8. The lowest BCUT2D eigenvalue weighted by atomic mass is 10.3. The van der Waals surface area contributed by atoms with Crippen LogP contribution in [0.5, 0.6) is 0 Å². The Kier molecular flexibility index (Phi) is 3.27. The van der Waals surface area contributed by atoms with Crippen molar-refractivity contribution in [3.63, 3.8) is 0 Å². The molecule has 1 amide bonds. The van der Waals surface area contributed by atoms with Gasteiger partial charge in [-0.05, 0) is 19.1 Å². The van der Waals surface area contributed by atoms with Crippen LogP contribution in [0.4, 0.5) is 10.5 Å². The number of carbonyl (C=O) groups excluding carboxylic acids is 1. The van der Waals surface area contributed by atoms with Gasteiger partial charge in [-0.15, -0.1) is 0 Å². The lowest BCUT2D eigenvalue weighted by Gasteiger charge is -2.08. The van der Waals surface area contributed by atoms with Gasteiger partial charge in [0.15, 0.2) is 0 Å². The van der Waals surface area contributed by atoms with Crippen molar-refractivity contribution in [3.8, 4) is 0 Å². The highest BCUT2D eigenvalue weighted by atomic mass is 16.2. The van der Waals surface area contributed by atoms with Crippen LogP contribution in [0, 0.1) is 0 Å². The van der Waals surface area contributed by atoms with Crippen molar-refractivity contribution in [1.82, 2.24) is 14.3 Å². The van der Waals surface area contributed by atoms with Crippen molar-refractivity contribution in [3.05, 3.63) is 59.1 Å². The molecule has 21 heavy (non-hydrogen) atoms. The molecule has 0 unspecified atom stereocenters. The summed E-state index contributed by atoms with van der Waals surface area (Å²) in [6.07, 6.45) is 3.26. The molecular formula is C15H14N4O2. The number of rotatable bonds is 2. The SMILES string of the molecule is CCn1cc(NC(=O)n2ncc3ccccc32)ccc1=O. The minimum Gasteiger partial charge on any atom is -0.314 e. The first-order valence-corrected chi connectivity index (χ1v) is 6.63. The van der Waals surface area contributed by atoms with E-state index in [2.05, 4.69) is 10.4 Å². The van der Waals surface area contributed by atoms with E-state index in [0.717, 1.165) is 10.9 Å². The van der Waals surface area contributed by atoms with Crippen molar-refractivity contribution < 1.29 is 4.79 Å². The first-order chi connectivity index (χ1) is 10.2. The number of carbonyl (C=O) groups is 1. The summed E-state index contributed by atoms with van der Waals surface area (Å²) in [7, 11) is 0. The maximum atomic E-state index is 12.3. The Balaban J connectivity index is 1.91. The third kappa shape index (κ3) is 2.43. The number of nitrogens with zero attached hydrogens (tertiary/aromatic N) is 3. The molecule has 0 bridgehead atoms. The van der Waals surface area contributed by atoms with Gasteiger partial charge < -0.3 is 9.88 Å². The zero-order chi connectivity index (χ0) is 14.8. The maximum Gasteiger partial charge on any atom is 0.347 e. The molecule has 6 nitrogen and oxygen atoms in total. The van der Waals surface area contributed by atoms with Gasteiger partial charge in [0.25, 0.3) is 5.56 Å². The molecule has 0 saturated heterocycles. The van der Waals surface area contributed by atoms with Gasteiger partial charge in [0, 0.05) is 24.2 Å². The van der Waals surface area contributed by atoms with Crippen LogP contribution >= 0.6 is 0 Å². The summed E-state index contributed by atoms with van der Waals surface area (Å²) >= 11 is 0. The lowest BCUT2D eigenvalue weighted by molar-refractivity contribution is 0.252. The molecule has 2 heterocycles. The van der Waals surface area contributed by atoms with Crippen LogP contribution in [-0.2, 0) is 6.54 Å². The molecule has 2 aromatic heterocycles. The molecule has 0 atom stereocenters. The lowest BCUT2D eigenvalue weighted by Crippen LogP contribution is -2.23. The van der Waals surface area contributed by atoms with E-state index in [1.165, 1.54) is 15.3 Å². The number of aryl methyl sites for hydroxylation is 1. The molecule has 106 valence electrons. The largest absolute Gasteiger partial charge is 0.347 e. The van der Waals surface area contributed by atoms with Crippen LogP contribution in [0.15, 0.2) is 53.6 Å². The van der Waals surface area contributed by atoms with Crippen LogP contribution in [0.1, 0.15) is 6.92 Å². The van der Waals surface area contributed by atoms with Gasteiger partial charge in [0.05, 0.1) is 17.4 Å². The van der Waals surface area contributed by atoms with E-state index < -0.39 is 0 Å². The third-order valence-electron chi connectivity index (χ3n) is 3.25. The van der Waals surface area contributed by atoms with Crippen molar-refractivity contribution in [2.75, 3.05) is 5.32 Å². The Morgan fingerprint density at radius 1 is 1.24 bits per heavy atom. The van der Waals surface area contributed by atoms with Gasteiger partial charge in [-0.25, -0.2) is 4.79 Å². The van der Waals surface area contributed by atoms with E-state index in [0.29, 0.717) is 12.2 Å². The van der Waals surface area contributed by atoms with Gasteiger partial charge in [-0.2, -0.15) is 9.78 Å². The number of aromatic nitrogens is 3. The Morgan fingerprint density at radius 3 is 2.86 bits per heavy atom. The standard InChI is InChI=1S/C15H14N4O2/c1-2-18-10-12(7-8-14(18)20)17-15(21)19-13-6-4-3-5-11(13)9-16-19/h3-10H,2H2,1H3,(H,17,21). The second-order valence-corrected chi connectivity index (χ2v) is 4.59. The predicted octanol–water partition coefficient (Wildman–Crippen LogP) is 2.30. The van der Waals surface area contributed by atoms with Gasteiger partial charge in [-0.1, -0.05) is 18.2 Å². The second-order valence-electron chi connectivity index (χ2n) is 4.59. The first-order valence-electron chi connectivity index (χ1n) is 6.63. The van der Waals surface area contributed by atoms with Crippen LogP contribution in [0.25, 0.3) is 10.9 Å². The van der Waals surface area contributed by atoms with E-state index in [4.69, 9.17) is 0 Å². The molecule has 0 spiro atoms. The molecular weight excluding hydrogens is 268 g/mol. The van der Waals surface area contributed by atoms with Crippen molar-refractivity contribution >= 4 is 22.6 Å². The summed E-state index contributed by atoms with van der Waals surface area (Å²) in [5.74, 6) is 0. The number of benzene rings is 1. The van der Waals surface area contributed by atoms with Crippen molar-refractivity contribution in [1.29, 1.82) is 0 Å². The molecule has 0 aliphatic rings. The Bertz CT molecular complexity index is 863. The summed E-state index contributed by atoms with van der Waals surface area (Å²) in [6, 6.07) is 10.1. The summed E-state index contributed by atoms with van der Waals surface area (Å²) in [5, 5.41) is 7.72. The fraction of sp³-hybridized carbons (Fsp3) is 0.133. The van der Waals surface area contributed by atoms with Crippen LogP contribution in [0.2, 0.25) is 0 Å². The molecule has 0 aliphatic carbocycles. The molecule has 1 N–H and O–H groups in total. The summed E-state index contributed by atoms with van der Waals surface area (Å²) in [6.45, 7) is 2.42. The molecule has 3 aromatic rings. The molecule has 6 heteroatoms. The number of amides is 1. The molecule has 0 fully saturated rings. The Labute approximate surface area is 120 Å². The quantitative estimate of drug-likeness (QED) is 0.784. The minimum absolute atomic E-state index is 0.0972. The minimum atomic E-state index is -0.363. The maximum absolute atomic E-state index is 12.3. The number of anilines is 1. The van der Waals surface area contributed by atoms with E-state index in [1.807, 2.05) is 31.2 Å². The van der Waals surface area contributed by atoms with Gasteiger partial charge in [0.1, 0.15) is 0 Å². The van der Waals surface area contributed by atoms with Crippen molar-refractivity contribution in [2.45, 2.75) is 13.5 Å². The fourth-order valence-electron chi connectivity index (χ4n) is 2.16. The zero-order valence-electron chi connectivity index (χ0n) is 11.5. The molecule has 0 radical (unpaired) electrons. The number of fused-ring (bicyclic) bond motifs is 1. The first kappa shape index (κ1) is 13.1. The topological polar surface area (TPSA) is 68.9 Å².